The molecule has 0 aromatic carbocycles. The average Bonchev–Trinajstić information content (AvgIpc) is 3.14. The molecule has 1 fully saturated rings. The number of nitrogens with zero attached hydrogens (tertiary/aromatic N) is 2. The Bertz CT molecular complexity index is 616. The normalized spacial score (nSPS) is 18.0. The van der Waals surface area contributed by atoms with Gasteiger partial charge < -0.3 is 10.2 Å². The third kappa shape index (κ3) is 3.36. The Balaban J connectivity index is 1.63. The molecule has 1 N–H and O–H groups in total. The largest absolute Gasteiger partial charge is 0.333 e. The summed E-state index contributed by atoms with van der Waals surface area (Å²) in [5.41, 5.74) is 1.15. The molecule has 0 radical (unpaired) electrons. The number of aromatic nitrogens is 1. The highest BCUT2D eigenvalue weighted by molar-refractivity contribution is 7.16. The molecule has 2 aromatic heterocycles. The van der Waals surface area contributed by atoms with Crippen LogP contribution in [0.4, 0.5) is 4.79 Å². The van der Waals surface area contributed by atoms with Crippen molar-refractivity contribution in [1.29, 1.82) is 0 Å². The molecule has 1 aliphatic heterocycles. The molecule has 1 saturated heterocycles. The summed E-state index contributed by atoms with van der Waals surface area (Å²) in [5.74, 6) is 0. The van der Waals surface area contributed by atoms with E-state index >= 15 is 0 Å². The zero-order valence-corrected chi connectivity index (χ0v) is 13.0. The fourth-order valence-electron chi connectivity index (χ4n) is 2.65. The molecule has 0 unspecified atom stereocenters. The summed E-state index contributed by atoms with van der Waals surface area (Å²) in [5, 5.41) is 2.98. The van der Waals surface area contributed by atoms with E-state index in [-0.39, 0.29) is 12.1 Å². The molecule has 2 aromatic rings. The zero-order valence-electron chi connectivity index (χ0n) is 11.5. The van der Waals surface area contributed by atoms with E-state index in [4.69, 9.17) is 11.6 Å². The standard InChI is InChI=1S/C15H16ClN3OS/c16-14-4-3-12(21-14)10-18-15(20)19-9-1-2-13(19)11-5-7-17-8-6-11/h3-8,13H,1-2,9-10H2,(H,18,20)/t13-/m0/s1. The number of amides is 2. The number of likely N-dealkylation sites (tertiary alicyclic amines) is 1. The lowest BCUT2D eigenvalue weighted by atomic mass is 10.1. The maximum Gasteiger partial charge on any atom is 0.318 e. The number of carbonyl (C=O) groups is 1. The minimum absolute atomic E-state index is 0.0150. The fourth-order valence-corrected chi connectivity index (χ4v) is 3.68. The van der Waals surface area contributed by atoms with Crippen molar-refractivity contribution in [2.24, 2.45) is 0 Å². The quantitative estimate of drug-likeness (QED) is 0.933. The van der Waals surface area contributed by atoms with Crippen LogP contribution in [-0.4, -0.2) is 22.5 Å². The van der Waals surface area contributed by atoms with Gasteiger partial charge in [0, 0.05) is 23.8 Å². The number of pyridine rings is 1. The van der Waals surface area contributed by atoms with Crippen molar-refractivity contribution in [3.63, 3.8) is 0 Å². The second kappa shape index (κ2) is 6.45. The van der Waals surface area contributed by atoms with Crippen molar-refractivity contribution in [3.8, 4) is 0 Å². The SMILES string of the molecule is O=C(NCc1ccc(Cl)s1)N1CCC[C@H]1c1ccncc1. The van der Waals surface area contributed by atoms with Crippen molar-refractivity contribution >= 4 is 29.0 Å². The van der Waals surface area contributed by atoms with Gasteiger partial charge in [-0.2, -0.15) is 0 Å². The maximum absolute atomic E-state index is 12.4. The molecule has 1 atom stereocenters. The van der Waals surface area contributed by atoms with E-state index < -0.39 is 0 Å². The van der Waals surface area contributed by atoms with Crippen molar-refractivity contribution in [1.82, 2.24) is 15.2 Å². The molecule has 0 bridgehead atoms. The predicted octanol–water partition coefficient (Wildman–Crippen LogP) is 3.84. The number of nitrogens with one attached hydrogen (secondary N) is 1. The number of rotatable bonds is 3. The Morgan fingerprint density at radius 2 is 2.19 bits per heavy atom. The summed E-state index contributed by atoms with van der Waals surface area (Å²) in [4.78, 5) is 19.4. The minimum atomic E-state index is -0.0150. The lowest BCUT2D eigenvalue weighted by Crippen LogP contribution is -2.39. The Kier molecular flexibility index (Phi) is 4.41. The first-order chi connectivity index (χ1) is 10.2. The third-order valence-electron chi connectivity index (χ3n) is 3.65. The lowest BCUT2D eigenvalue weighted by molar-refractivity contribution is 0.192. The number of halogens is 1. The van der Waals surface area contributed by atoms with Crippen molar-refractivity contribution in [3.05, 3.63) is 51.4 Å². The molecule has 3 heterocycles. The van der Waals surface area contributed by atoms with Gasteiger partial charge in [-0.25, -0.2) is 4.79 Å². The Morgan fingerprint density at radius 3 is 2.90 bits per heavy atom. The zero-order chi connectivity index (χ0) is 14.7. The molecular formula is C15H16ClN3OS. The minimum Gasteiger partial charge on any atom is -0.333 e. The maximum atomic E-state index is 12.4. The topological polar surface area (TPSA) is 45.2 Å². The highest BCUT2D eigenvalue weighted by Gasteiger charge is 2.29. The smallest absolute Gasteiger partial charge is 0.318 e. The van der Waals surface area contributed by atoms with Crippen LogP contribution in [0.1, 0.15) is 29.3 Å². The van der Waals surface area contributed by atoms with Crippen LogP contribution in [0.3, 0.4) is 0 Å². The summed E-state index contributed by atoms with van der Waals surface area (Å²) in [7, 11) is 0. The van der Waals surface area contributed by atoms with E-state index in [1.54, 1.807) is 12.4 Å². The van der Waals surface area contributed by atoms with E-state index in [0.29, 0.717) is 6.54 Å². The predicted molar refractivity (Wildman–Crippen MR) is 84.5 cm³/mol. The Morgan fingerprint density at radius 1 is 1.38 bits per heavy atom. The second-order valence-electron chi connectivity index (χ2n) is 5.00. The first-order valence-electron chi connectivity index (χ1n) is 6.92. The first kappa shape index (κ1) is 14.4. The fraction of sp³-hybridized carbons (Fsp3) is 0.333. The van der Waals surface area contributed by atoms with Crippen LogP contribution in [-0.2, 0) is 6.54 Å². The van der Waals surface area contributed by atoms with Gasteiger partial charge in [-0.15, -0.1) is 11.3 Å². The number of carbonyl (C=O) groups excluding carboxylic acids is 1. The average molecular weight is 322 g/mol. The van der Waals surface area contributed by atoms with Gasteiger partial charge in [-0.05, 0) is 42.7 Å². The molecule has 110 valence electrons. The summed E-state index contributed by atoms with van der Waals surface area (Å²) >= 11 is 7.39. The molecule has 6 heteroatoms. The van der Waals surface area contributed by atoms with E-state index in [9.17, 15) is 4.79 Å². The van der Waals surface area contributed by atoms with Crippen molar-refractivity contribution in [2.45, 2.75) is 25.4 Å². The van der Waals surface area contributed by atoms with Crippen LogP contribution < -0.4 is 5.32 Å². The summed E-state index contributed by atoms with van der Waals surface area (Å²) < 4.78 is 0.745. The van der Waals surface area contributed by atoms with Crippen LogP contribution in [0.2, 0.25) is 4.34 Å². The molecule has 0 saturated carbocycles. The molecule has 2 amide bonds. The Labute approximate surface area is 132 Å². The van der Waals surface area contributed by atoms with E-state index in [1.807, 2.05) is 29.2 Å². The van der Waals surface area contributed by atoms with Gasteiger partial charge in [-0.1, -0.05) is 11.6 Å². The molecule has 0 spiro atoms. The number of thiophene rings is 1. The molecule has 4 nitrogen and oxygen atoms in total. The van der Waals surface area contributed by atoms with Crippen molar-refractivity contribution < 1.29 is 4.79 Å². The van der Waals surface area contributed by atoms with E-state index in [0.717, 1.165) is 34.2 Å². The Hall–Kier alpha value is -1.59. The van der Waals surface area contributed by atoms with Gasteiger partial charge in [0.15, 0.2) is 0 Å². The number of hydrogen-bond donors (Lipinski definition) is 1. The van der Waals surface area contributed by atoms with Crippen LogP contribution >= 0.6 is 22.9 Å². The molecular weight excluding hydrogens is 306 g/mol. The second-order valence-corrected chi connectivity index (χ2v) is 6.80. The highest BCUT2D eigenvalue weighted by atomic mass is 35.5. The van der Waals surface area contributed by atoms with Gasteiger partial charge in [0.1, 0.15) is 0 Å². The van der Waals surface area contributed by atoms with Crippen LogP contribution in [0.15, 0.2) is 36.7 Å². The summed E-state index contributed by atoms with van der Waals surface area (Å²) in [6.45, 7) is 1.32. The molecule has 0 aliphatic carbocycles. The summed E-state index contributed by atoms with van der Waals surface area (Å²) in [6.07, 6.45) is 5.59. The first-order valence-corrected chi connectivity index (χ1v) is 8.12. The van der Waals surface area contributed by atoms with Gasteiger partial charge in [0.05, 0.1) is 16.9 Å². The van der Waals surface area contributed by atoms with Gasteiger partial charge in [0.25, 0.3) is 0 Å². The number of urea groups is 1. The molecule has 3 rings (SSSR count). The van der Waals surface area contributed by atoms with Gasteiger partial charge >= 0.3 is 6.03 Å². The summed E-state index contributed by atoms with van der Waals surface area (Å²) in [6, 6.07) is 7.89. The number of hydrogen-bond acceptors (Lipinski definition) is 3. The van der Waals surface area contributed by atoms with Crippen LogP contribution in [0.25, 0.3) is 0 Å². The monoisotopic (exact) mass is 321 g/mol. The molecule has 1 aliphatic rings. The molecule has 21 heavy (non-hydrogen) atoms. The highest BCUT2D eigenvalue weighted by Crippen LogP contribution is 2.31. The van der Waals surface area contributed by atoms with E-state index in [1.165, 1.54) is 11.3 Å². The third-order valence-corrected chi connectivity index (χ3v) is 4.88. The van der Waals surface area contributed by atoms with E-state index in [2.05, 4.69) is 10.3 Å². The van der Waals surface area contributed by atoms with Crippen LogP contribution in [0.5, 0.6) is 0 Å². The van der Waals surface area contributed by atoms with Crippen LogP contribution in [0, 0.1) is 0 Å². The van der Waals surface area contributed by atoms with Gasteiger partial charge in [-0.3, -0.25) is 4.98 Å². The lowest BCUT2D eigenvalue weighted by Gasteiger charge is -2.25. The van der Waals surface area contributed by atoms with Crippen molar-refractivity contribution in [2.75, 3.05) is 6.54 Å². The van der Waals surface area contributed by atoms with Gasteiger partial charge in [0.2, 0.25) is 0 Å².